The molecule has 0 aromatic heterocycles. The van der Waals surface area contributed by atoms with E-state index in [1.807, 2.05) is 45.0 Å². The van der Waals surface area contributed by atoms with E-state index < -0.39 is 4.92 Å². The number of hydrogen-bond acceptors (Lipinski definition) is 5. The molecule has 0 bridgehead atoms. The minimum atomic E-state index is -0.502. The lowest BCUT2D eigenvalue weighted by atomic mass is 10.1. The average molecular weight is 410 g/mol. The Morgan fingerprint density at radius 2 is 1.73 bits per heavy atom. The molecule has 1 atom stereocenters. The lowest BCUT2D eigenvalue weighted by molar-refractivity contribution is -0.384. The standard InChI is InChI=1S/C22H26N4O4/c1-13(2)23-22(28)17-8-11-19(20(12-17)26(29)30)24-14(3)15-6-9-18(10-7-15)25-21(27)16-4-5-16/h6-14,16,24H,4-5H2,1-3H3,(H,23,28)(H,25,27). The summed E-state index contributed by atoms with van der Waals surface area (Å²) in [5, 5.41) is 20.3. The van der Waals surface area contributed by atoms with E-state index in [9.17, 15) is 19.7 Å². The maximum Gasteiger partial charge on any atom is 0.293 e. The Labute approximate surface area is 175 Å². The Bertz CT molecular complexity index is 952. The number of anilines is 2. The highest BCUT2D eigenvalue weighted by atomic mass is 16.6. The highest BCUT2D eigenvalue weighted by molar-refractivity contribution is 5.96. The number of hydrogen-bond donors (Lipinski definition) is 3. The summed E-state index contributed by atoms with van der Waals surface area (Å²) in [6, 6.07) is 11.5. The lowest BCUT2D eigenvalue weighted by Gasteiger charge is -2.17. The SMILES string of the molecule is CC(C)NC(=O)c1ccc(NC(C)c2ccc(NC(=O)C3CC3)cc2)c([N+](=O)[O-])c1. The lowest BCUT2D eigenvalue weighted by Crippen LogP contribution is -2.30. The van der Waals surface area contributed by atoms with Crippen molar-refractivity contribution in [3.63, 3.8) is 0 Å². The van der Waals surface area contributed by atoms with Gasteiger partial charge in [0.25, 0.3) is 11.6 Å². The molecule has 1 aliphatic rings. The van der Waals surface area contributed by atoms with Crippen LogP contribution in [0.25, 0.3) is 0 Å². The largest absolute Gasteiger partial charge is 0.373 e. The fourth-order valence-electron chi connectivity index (χ4n) is 3.05. The van der Waals surface area contributed by atoms with Crippen LogP contribution in [0.5, 0.6) is 0 Å². The second kappa shape index (κ2) is 8.94. The number of carbonyl (C=O) groups is 2. The smallest absolute Gasteiger partial charge is 0.293 e. The van der Waals surface area contributed by atoms with Crippen LogP contribution in [0.3, 0.4) is 0 Å². The van der Waals surface area contributed by atoms with Gasteiger partial charge >= 0.3 is 0 Å². The van der Waals surface area contributed by atoms with Gasteiger partial charge in [0.05, 0.1) is 4.92 Å². The van der Waals surface area contributed by atoms with Crippen molar-refractivity contribution in [2.75, 3.05) is 10.6 Å². The highest BCUT2D eigenvalue weighted by Gasteiger charge is 2.29. The maximum atomic E-state index is 12.2. The summed E-state index contributed by atoms with van der Waals surface area (Å²) in [7, 11) is 0. The van der Waals surface area contributed by atoms with Gasteiger partial charge in [-0.15, -0.1) is 0 Å². The van der Waals surface area contributed by atoms with Crippen molar-refractivity contribution in [2.24, 2.45) is 5.92 Å². The van der Waals surface area contributed by atoms with Gasteiger partial charge in [0, 0.05) is 35.3 Å². The van der Waals surface area contributed by atoms with Crippen molar-refractivity contribution in [2.45, 2.75) is 45.7 Å². The van der Waals surface area contributed by atoms with Gasteiger partial charge in [-0.3, -0.25) is 19.7 Å². The molecule has 2 amide bonds. The van der Waals surface area contributed by atoms with Crippen molar-refractivity contribution in [1.29, 1.82) is 0 Å². The van der Waals surface area contributed by atoms with E-state index in [4.69, 9.17) is 0 Å². The second-order valence-electron chi connectivity index (χ2n) is 7.87. The van der Waals surface area contributed by atoms with Gasteiger partial charge in [-0.25, -0.2) is 0 Å². The van der Waals surface area contributed by atoms with E-state index in [0.29, 0.717) is 5.69 Å². The third kappa shape index (κ3) is 5.34. The van der Waals surface area contributed by atoms with Gasteiger partial charge in [-0.2, -0.15) is 0 Å². The molecular formula is C22H26N4O4. The third-order valence-electron chi connectivity index (χ3n) is 4.87. The number of nitrogens with one attached hydrogen (secondary N) is 3. The van der Waals surface area contributed by atoms with Gasteiger partial charge in [0.15, 0.2) is 0 Å². The van der Waals surface area contributed by atoms with Crippen LogP contribution in [0, 0.1) is 16.0 Å². The number of nitro groups is 1. The predicted octanol–water partition coefficient (Wildman–Crippen LogP) is 4.25. The molecular weight excluding hydrogens is 384 g/mol. The molecule has 0 spiro atoms. The molecule has 0 aliphatic heterocycles. The summed E-state index contributed by atoms with van der Waals surface area (Å²) in [6.07, 6.45) is 1.89. The van der Waals surface area contributed by atoms with Crippen LogP contribution in [-0.4, -0.2) is 22.8 Å². The molecule has 2 aromatic rings. The van der Waals surface area contributed by atoms with Crippen molar-refractivity contribution in [3.8, 4) is 0 Å². The summed E-state index contributed by atoms with van der Waals surface area (Å²) >= 11 is 0. The van der Waals surface area contributed by atoms with Crippen LogP contribution in [0.15, 0.2) is 42.5 Å². The molecule has 8 heteroatoms. The molecule has 0 saturated heterocycles. The number of carbonyl (C=O) groups excluding carboxylic acids is 2. The van der Waals surface area contributed by atoms with Crippen LogP contribution in [-0.2, 0) is 4.79 Å². The molecule has 158 valence electrons. The second-order valence-corrected chi connectivity index (χ2v) is 7.87. The van der Waals surface area contributed by atoms with E-state index in [0.717, 1.165) is 24.1 Å². The minimum Gasteiger partial charge on any atom is -0.373 e. The Morgan fingerprint density at radius 1 is 1.07 bits per heavy atom. The number of nitrogens with zero attached hydrogens (tertiary/aromatic N) is 1. The summed E-state index contributed by atoms with van der Waals surface area (Å²) in [4.78, 5) is 35.0. The molecule has 30 heavy (non-hydrogen) atoms. The Morgan fingerprint density at radius 3 is 2.30 bits per heavy atom. The first-order valence-corrected chi connectivity index (χ1v) is 10.0. The topological polar surface area (TPSA) is 113 Å². The third-order valence-corrected chi connectivity index (χ3v) is 4.87. The van der Waals surface area contributed by atoms with Crippen molar-refractivity contribution < 1.29 is 14.5 Å². The fraction of sp³-hybridized carbons (Fsp3) is 0.364. The van der Waals surface area contributed by atoms with Gasteiger partial charge in [-0.05, 0) is 63.4 Å². The molecule has 1 fully saturated rings. The molecule has 3 rings (SSSR count). The average Bonchev–Trinajstić information content (AvgIpc) is 3.53. The summed E-state index contributed by atoms with van der Waals surface area (Å²) < 4.78 is 0. The maximum absolute atomic E-state index is 12.2. The first-order valence-electron chi connectivity index (χ1n) is 10.0. The van der Waals surface area contributed by atoms with Crippen LogP contribution in [0.4, 0.5) is 17.1 Å². The summed E-state index contributed by atoms with van der Waals surface area (Å²) in [5.41, 5.74) is 2.06. The number of rotatable bonds is 8. The van der Waals surface area contributed by atoms with Crippen molar-refractivity contribution >= 4 is 28.9 Å². The minimum absolute atomic E-state index is 0.0474. The zero-order chi connectivity index (χ0) is 21.8. The van der Waals surface area contributed by atoms with Gasteiger partial charge < -0.3 is 16.0 Å². The van der Waals surface area contributed by atoms with Gasteiger partial charge in [-0.1, -0.05) is 12.1 Å². The Hall–Kier alpha value is -3.42. The molecule has 0 heterocycles. The van der Waals surface area contributed by atoms with E-state index in [2.05, 4.69) is 16.0 Å². The van der Waals surface area contributed by atoms with Crippen molar-refractivity contribution in [3.05, 3.63) is 63.7 Å². The van der Waals surface area contributed by atoms with E-state index in [1.165, 1.54) is 6.07 Å². The normalized spacial score (nSPS) is 14.1. The summed E-state index contributed by atoms with van der Waals surface area (Å²) in [5.74, 6) is -0.168. The molecule has 8 nitrogen and oxygen atoms in total. The van der Waals surface area contributed by atoms with Crippen LogP contribution < -0.4 is 16.0 Å². The molecule has 3 N–H and O–H groups in total. The molecule has 1 unspecified atom stereocenters. The zero-order valence-corrected chi connectivity index (χ0v) is 17.3. The van der Waals surface area contributed by atoms with Crippen molar-refractivity contribution in [1.82, 2.24) is 5.32 Å². The van der Waals surface area contributed by atoms with Crippen LogP contribution in [0.2, 0.25) is 0 Å². The Kier molecular flexibility index (Phi) is 6.34. The predicted molar refractivity (Wildman–Crippen MR) is 116 cm³/mol. The number of nitro benzene ring substituents is 1. The van der Waals surface area contributed by atoms with Gasteiger partial charge in [0.1, 0.15) is 5.69 Å². The van der Waals surface area contributed by atoms with Crippen LogP contribution >= 0.6 is 0 Å². The van der Waals surface area contributed by atoms with Gasteiger partial charge in [0.2, 0.25) is 5.91 Å². The first-order chi connectivity index (χ1) is 14.2. The monoisotopic (exact) mass is 410 g/mol. The zero-order valence-electron chi connectivity index (χ0n) is 17.3. The van der Waals surface area contributed by atoms with E-state index in [1.54, 1.807) is 12.1 Å². The number of benzene rings is 2. The quantitative estimate of drug-likeness (QED) is 0.445. The summed E-state index contributed by atoms with van der Waals surface area (Å²) in [6.45, 7) is 5.54. The molecule has 1 saturated carbocycles. The van der Waals surface area contributed by atoms with Crippen LogP contribution in [0.1, 0.15) is 55.6 Å². The molecule has 1 aliphatic carbocycles. The highest BCUT2D eigenvalue weighted by Crippen LogP contribution is 2.31. The first kappa shape index (κ1) is 21.3. The van der Waals surface area contributed by atoms with E-state index in [-0.39, 0.29) is 41.1 Å². The Balaban J connectivity index is 1.71. The fourth-order valence-corrected chi connectivity index (χ4v) is 3.05. The number of amides is 2. The molecule has 2 aromatic carbocycles. The van der Waals surface area contributed by atoms with E-state index >= 15 is 0 Å². The molecule has 0 radical (unpaired) electrons.